The topological polar surface area (TPSA) is 3.24 Å². The summed E-state index contributed by atoms with van der Waals surface area (Å²) in [6.45, 7) is 3.98. The van der Waals surface area contributed by atoms with E-state index in [9.17, 15) is 0 Å². The standard InChI is InChI=1S/CH5B3IN/c1-6(5)4-3-2/h2H2,1H3. The third kappa shape index (κ3) is 4.72. The Morgan fingerprint density at radius 3 is 2.33 bits per heavy atom. The van der Waals surface area contributed by atoms with Gasteiger partial charge in [0, 0.05) is 0 Å². The van der Waals surface area contributed by atoms with E-state index < -0.39 is 0 Å². The van der Waals surface area contributed by atoms with Crippen LogP contribution >= 0.6 is 22.9 Å². The summed E-state index contributed by atoms with van der Waals surface area (Å²) in [6, 6.07) is 0. The van der Waals surface area contributed by atoms with Crippen molar-refractivity contribution < 1.29 is 0 Å². The van der Waals surface area contributed by atoms with Crippen LogP contribution in [0, 0.1) is 0 Å². The van der Waals surface area contributed by atoms with Gasteiger partial charge in [-0.2, -0.15) is 0 Å². The van der Waals surface area contributed by atoms with Gasteiger partial charge in [0.05, 0.1) is 0 Å². The fourth-order valence-electron chi connectivity index (χ4n) is 0.205. The Morgan fingerprint density at radius 1 is 1.83 bits per heavy atom. The summed E-state index contributed by atoms with van der Waals surface area (Å²) in [5.41, 5.74) is 0. The second-order valence-electron chi connectivity index (χ2n) is 1.01. The average Bonchev–Trinajstić information content (AvgIpc) is 1.35. The van der Waals surface area contributed by atoms with E-state index in [4.69, 9.17) is 0 Å². The van der Waals surface area contributed by atoms with Crippen LogP contribution in [0.1, 0.15) is 0 Å². The Morgan fingerprint density at radius 2 is 2.33 bits per heavy atom. The molecule has 0 aliphatic rings. The van der Waals surface area contributed by atoms with E-state index in [1.165, 1.54) is 0 Å². The number of rotatable bonds is 1. The van der Waals surface area contributed by atoms with Crippen LogP contribution in [0.15, 0.2) is 0 Å². The van der Waals surface area contributed by atoms with Gasteiger partial charge in [-0.05, 0) is 0 Å². The fraction of sp³-hybridized carbons (Fsp3) is 1.00. The molecule has 0 radical (unpaired) electrons. The van der Waals surface area contributed by atoms with Gasteiger partial charge in [0.15, 0.2) is 0 Å². The van der Waals surface area contributed by atoms with Crippen molar-refractivity contribution >= 4 is 44.2 Å². The van der Waals surface area contributed by atoms with E-state index in [1.807, 2.05) is 31.4 Å². The number of hydrogen-bond donors (Lipinski definition) is 0. The summed E-state index contributed by atoms with van der Waals surface area (Å²) in [5.74, 6) is 0. The molecule has 0 heterocycles. The monoisotopic (exact) mass is 191 g/mol. The first-order valence-electron chi connectivity index (χ1n) is 1.79. The molecule has 0 N–H and O–H groups in total. The number of halogens is 1. The zero-order valence-corrected chi connectivity index (χ0v) is 6.14. The molecule has 0 aromatic carbocycles. The normalized spacial score (nSPS) is 7.00. The minimum atomic E-state index is 1.97. The molecule has 0 aromatic rings. The van der Waals surface area contributed by atoms with Gasteiger partial charge in [0.1, 0.15) is 0 Å². The first kappa shape index (κ1) is 6.72. The molecule has 0 saturated heterocycles. The molecule has 0 saturated carbocycles. The maximum atomic E-state index is 2.19. The Kier molecular flexibility index (Phi) is 4.37. The van der Waals surface area contributed by atoms with Crippen LogP contribution in [0.25, 0.3) is 0 Å². The van der Waals surface area contributed by atoms with Crippen LogP contribution in [0.2, 0.25) is 0 Å². The zero-order chi connectivity index (χ0) is 4.99. The van der Waals surface area contributed by atoms with Crippen molar-refractivity contribution in [1.82, 2.24) is 3.02 Å². The third-order valence-corrected chi connectivity index (χ3v) is 0.676. The Labute approximate surface area is 54.5 Å². The summed E-state index contributed by atoms with van der Waals surface area (Å²) < 4.78 is 1.97. The van der Waals surface area contributed by atoms with Crippen molar-refractivity contribution in [3.63, 3.8) is 0 Å². The van der Waals surface area contributed by atoms with Crippen molar-refractivity contribution in [2.45, 2.75) is 0 Å². The van der Waals surface area contributed by atoms with E-state index in [1.54, 1.807) is 0 Å². The molecular formula is CH5B3IN. The predicted molar refractivity (Wildman–Crippen MR) is 41.8 cm³/mol. The van der Waals surface area contributed by atoms with Crippen LogP contribution < -0.4 is 0 Å². The van der Waals surface area contributed by atoms with E-state index in [-0.39, 0.29) is 0 Å². The van der Waals surface area contributed by atoms with Crippen molar-refractivity contribution in [3.8, 4) is 0 Å². The van der Waals surface area contributed by atoms with Gasteiger partial charge in [-0.1, -0.05) is 0 Å². The molecule has 6 heavy (non-hydrogen) atoms. The molecule has 0 spiro atoms. The first-order valence-corrected chi connectivity index (χ1v) is 2.75. The molecule has 0 fully saturated rings. The summed E-state index contributed by atoms with van der Waals surface area (Å²) >= 11 is 2.19. The summed E-state index contributed by atoms with van der Waals surface area (Å²) in [6.07, 6.45) is 0. The second kappa shape index (κ2) is 3.90. The Bertz CT molecular complexity index is 52.8. The average molecular weight is 190 g/mol. The molecule has 0 bridgehead atoms. The summed E-state index contributed by atoms with van der Waals surface area (Å²) in [4.78, 5) is 0. The SMILES string of the molecule is BB=BN(C)I. The van der Waals surface area contributed by atoms with E-state index in [0.29, 0.717) is 0 Å². The van der Waals surface area contributed by atoms with Crippen molar-refractivity contribution in [1.29, 1.82) is 0 Å². The Balaban J connectivity index is 3.03. The Hall–Kier alpha value is 0.725. The molecule has 30 valence electrons. The fourth-order valence-corrected chi connectivity index (χ4v) is 0.527. The van der Waals surface area contributed by atoms with E-state index >= 15 is 0 Å². The van der Waals surface area contributed by atoms with Gasteiger partial charge in [-0.25, -0.2) is 0 Å². The van der Waals surface area contributed by atoms with Gasteiger partial charge in [-0.15, -0.1) is 0 Å². The molecule has 0 atom stereocenters. The predicted octanol–water partition coefficient (Wildman–Crippen LogP) is -0.945. The quantitative estimate of drug-likeness (QED) is 0.293. The first-order chi connectivity index (χ1) is 2.77. The van der Waals surface area contributed by atoms with Crippen molar-refractivity contribution in [2.75, 3.05) is 7.05 Å². The molecule has 0 unspecified atom stereocenters. The molecule has 5 heteroatoms. The van der Waals surface area contributed by atoms with Gasteiger partial charge >= 0.3 is 54.3 Å². The van der Waals surface area contributed by atoms with Crippen LogP contribution in [0.5, 0.6) is 0 Å². The molecule has 0 aliphatic heterocycles. The maximum absolute atomic E-state index is 2.19. The van der Waals surface area contributed by atoms with Crippen molar-refractivity contribution in [3.05, 3.63) is 0 Å². The van der Waals surface area contributed by atoms with Crippen LogP contribution in [-0.4, -0.2) is 31.4 Å². The van der Waals surface area contributed by atoms with Crippen LogP contribution in [0.4, 0.5) is 0 Å². The van der Waals surface area contributed by atoms with Gasteiger partial charge < -0.3 is 0 Å². The molecule has 0 rings (SSSR count). The van der Waals surface area contributed by atoms with Gasteiger partial charge in [0.25, 0.3) is 0 Å². The summed E-state index contributed by atoms with van der Waals surface area (Å²) in [7, 11) is 3.98. The molecule has 0 amide bonds. The molecule has 0 aliphatic carbocycles. The zero-order valence-electron chi connectivity index (χ0n) is 3.98. The number of nitrogens with zero attached hydrogens (tertiary/aromatic N) is 1. The molecule has 1 nitrogen and oxygen atoms in total. The van der Waals surface area contributed by atoms with Gasteiger partial charge in [-0.3, -0.25) is 0 Å². The molecular weight excluding hydrogens is 185 g/mol. The second-order valence-corrected chi connectivity index (χ2v) is 2.53. The van der Waals surface area contributed by atoms with E-state index in [0.717, 1.165) is 0 Å². The number of hydrogen-bond acceptors (Lipinski definition) is 1. The van der Waals surface area contributed by atoms with Gasteiger partial charge in [0.2, 0.25) is 0 Å². The molecule has 0 aromatic heterocycles. The van der Waals surface area contributed by atoms with Crippen LogP contribution in [-0.2, 0) is 0 Å². The summed E-state index contributed by atoms with van der Waals surface area (Å²) in [5, 5.41) is 0. The minimum absolute atomic E-state index is 1.97. The van der Waals surface area contributed by atoms with Crippen molar-refractivity contribution in [2.24, 2.45) is 0 Å². The van der Waals surface area contributed by atoms with E-state index in [2.05, 4.69) is 22.9 Å². The third-order valence-electron chi connectivity index (χ3n) is 0.354. The van der Waals surface area contributed by atoms with Crippen LogP contribution in [0.3, 0.4) is 0 Å².